The quantitative estimate of drug-likeness (QED) is 0.908. The Balaban J connectivity index is 1.76. The van der Waals surface area contributed by atoms with E-state index >= 15 is 0 Å². The molecule has 2 aromatic rings. The van der Waals surface area contributed by atoms with Crippen molar-refractivity contribution in [3.05, 3.63) is 60.1 Å². The first kappa shape index (κ1) is 14.4. The fraction of sp³-hybridized carbons (Fsp3) is 0.444. The second kappa shape index (κ2) is 6.92. The van der Waals surface area contributed by atoms with Crippen molar-refractivity contribution >= 4 is 0 Å². The van der Waals surface area contributed by atoms with Crippen LogP contribution in [0.4, 0.5) is 0 Å². The van der Waals surface area contributed by atoms with Crippen LogP contribution < -0.4 is 5.32 Å². The molecule has 112 valence electrons. The monoisotopic (exact) mass is 285 g/mol. The van der Waals surface area contributed by atoms with Crippen LogP contribution in [0.2, 0.25) is 0 Å². The lowest BCUT2D eigenvalue weighted by atomic mass is 9.91. The molecule has 2 atom stereocenters. The molecule has 0 spiro atoms. The third-order valence-electron chi connectivity index (χ3n) is 4.36. The van der Waals surface area contributed by atoms with Crippen LogP contribution in [-0.2, 0) is 4.74 Å². The first-order valence-corrected chi connectivity index (χ1v) is 7.77. The van der Waals surface area contributed by atoms with E-state index in [9.17, 15) is 0 Å². The van der Waals surface area contributed by atoms with Crippen LogP contribution >= 0.6 is 0 Å². The van der Waals surface area contributed by atoms with E-state index in [2.05, 4.69) is 36.5 Å². The molecule has 1 fully saturated rings. The second-order valence-corrected chi connectivity index (χ2v) is 5.76. The van der Waals surface area contributed by atoms with Gasteiger partial charge in [0.05, 0.1) is 12.3 Å². The summed E-state index contributed by atoms with van der Waals surface area (Å²) in [4.78, 5) is 0. The van der Waals surface area contributed by atoms with E-state index in [1.807, 2.05) is 18.2 Å². The van der Waals surface area contributed by atoms with Gasteiger partial charge >= 0.3 is 0 Å². The number of furan rings is 1. The predicted octanol–water partition coefficient (Wildman–Crippen LogP) is 3.77. The van der Waals surface area contributed by atoms with Gasteiger partial charge in [-0.2, -0.15) is 0 Å². The summed E-state index contributed by atoms with van der Waals surface area (Å²) < 4.78 is 11.1. The third kappa shape index (κ3) is 3.55. The van der Waals surface area contributed by atoms with Crippen molar-refractivity contribution in [3.8, 4) is 0 Å². The first-order valence-electron chi connectivity index (χ1n) is 7.77. The lowest BCUT2D eigenvalue weighted by Crippen LogP contribution is -2.39. The molecule has 0 radical (unpaired) electrons. The van der Waals surface area contributed by atoms with E-state index < -0.39 is 0 Å². The molecular weight excluding hydrogens is 262 g/mol. The summed E-state index contributed by atoms with van der Waals surface area (Å²) in [6.45, 7) is 4.04. The highest BCUT2D eigenvalue weighted by atomic mass is 16.5. The SMILES string of the molecule is CC(NC(c1ccccc1)c1ccco1)C1CCOCC1. The highest BCUT2D eigenvalue weighted by Gasteiger charge is 2.25. The van der Waals surface area contributed by atoms with Gasteiger partial charge in [-0.15, -0.1) is 0 Å². The summed E-state index contributed by atoms with van der Waals surface area (Å²) >= 11 is 0. The number of hydrogen-bond donors (Lipinski definition) is 1. The van der Waals surface area contributed by atoms with Crippen LogP contribution in [0.3, 0.4) is 0 Å². The Morgan fingerprint density at radius 1 is 1.05 bits per heavy atom. The molecule has 1 aromatic carbocycles. The van der Waals surface area contributed by atoms with Crippen LogP contribution in [0.25, 0.3) is 0 Å². The van der Waals surface area contributed by atoms with Gasteiger partial charge < -0.3 is 14.5 Å². The average molecular weight is 285 g/mol. The van der Waals surface area contributed by atoms with Crippen LogP contribution in [-0.4, -0.2) is 19.3 Å². The molecule has 21 heavy (non-hydrogen) atoms. The zero-order valence-electron chi connectivity index (χ0n) is 12.5. The van der Waals surface area contributed by atoms with Crippen molar-refractivity contribution < 1.29 is 9.15 Å². The summed E-state index contributed by atoms with van der Waals surface area (Å²) in [6.07, 6.45) is 4.01. The van der Waals surface area contributed by atoms with E-state index in [0.717, 1.165) is 31.8 Å². The minimum Gasteiger partial charge on any atom is -0.467 e. The Morgan fingerprint density at radius 2 is 1.81 bits per heavy atom. The summed E-state index contributed by atoms with van der Waals surface area (Å²) in [6, 6.07) is 15.0. The molecule has 2 unspecified atom stereocenters. The third-order valence-corrected chi connectivity index (χ3v) is 4.36. The van der Waals surface area contributed by atoms with Gasteiger partial charge in [-0.1, -0.05) is 30.3 Å². The first-order chi connectivity index (χ1) is 10.3. The smallest absolute Gasteiger partial charge is 0.125 e. The lowest BCUT2D eigenvalue weighted by molar-refractivity contribution is 0.0547. The van der Waals surface area contributed by atoms with Gasteiger partial charge in [-0.25, -0.2) is 0 Å². The average Bonchev–Trinajstić information content (AvgIpc) is 3.08. The van der Waals surface area contributed by atoms with Crippen molar-refractivity contribution in [3.63, 3.8) is 0 Å². The molecule has 1 N–H and O–H groups in total. The van der Waals surface area contributed by atoms with Gasteiger partial charge in [-0.3, -0.25) is 0 Å². The van der Waals surface area contributed by atoms with E-state index in [4.69, 9.17) is 9.15 Å². The highest BCUT2D eigenvalue weighted by molar-refractivity contribution is 5.26. The molecule has 3 heteroatoms. The number of nitrogens with one attached hydrogen (secondary N) is 1. The maximum atomic E-state index is 5.65. The topological polar surface area (TPSA) is 34.4 Å². The summed E-state index contributed by atoms with van der Waals surface area (Å²) in [5.41, 5.74) is 1.24. The van der Waals surface area contributed by atoms with Crippen LogP contribution in [0.5, 0.6) is 0 Å². The van der Waals surface area contributed by atoms with Crippen molar-refractivity contribution in [2.24, 2.45) is 5.92 Å². The summed E-state index contributed by atoms with van der Waals surface area (Å²) in [7, 11) is 0. The Kier molecular flexibility index (Phi) is 4.73. The van der Waals surface area contributed by atoms with Gasteiger partial charge in [0, 0.05) is 19.3 Å². The number of benzene rings is 1. The molecule has 1 saturated heterocycles. The Morgan fingerprint density at radius 3 is 2.48 bits per heavy atom. The van der Waals surface area contributed by atoms with Crippen molar-refractivity contribution in [2.75, 3.05) is 13.2 Å². The van der Waals surface area contributed by atoms with Gasteiger partial charge in [0.2, 0.25) is 0 Å². The summed E-state index contributed by atoms with van der Waals surface area (Å²) in [5.74, 6) is 1.64. The van der Waals surface area contributed by atoms with Crippen molar-refractivity contribution in [1.82, 2.24) is 5.32 Å². The fourth-order valence-electron chi connectivity index (χ4n) is 3.06. The van der Waals surface area contributed by atoms with Crippen LogP contribution in [0.1, 0.15) is 37.1 Å². The van der Waals surface area contributed by atoms with Gasteiger partial charge in [0.1, 0.15) is 5.76 Å². The molecule has 1 aromatic heterocycles. The normalized spacial score (nSPS) is 19.3. The predicted molar refractivity (Wildman–Crippen MR) is 83.1 cm³/mol. The molecule has 0 saturated carbocycles. The molecule has 3 rings (SSSR count). The van der Waals surface area contributed by atoms with Crippen LogP contribution in [0, 0.1) is 5.92 Å². The molecule has 1 aliphatic rings. The lowest BCUT2D eigenvalue weighted by Gasteiger charge is -2.31. The Hall–Kier alpha value is -1.58. The number of hydrogen-bond acceptors (Lipinski definition) is 3. The minimum atomic E-state index is 0.110. The largest absolute Gasteiger partial charge is 0.467 e. The number of ether oxygens (including phenoxy) is 1. The molecule has 0 amide bonds. The van der Waals surface area contributed by atoms with E-state index in [1.165, 1.54) is 5.56 Å². The fourth-order valence-corrected chi connectivity index (χ4v) is 3.06. The Labute approximate surface area is 126 Å². The van der Waals surface area contributed by atoms with Crippen molar-refractivity contribution in [2.45, 2.75) is 31.8 Å². The zero-order valence-corrected chi connectivity index (χ0v) is 12.5. The minimum absolute atomic E-state index is 0.110. The number of rotatable bonds is 5. The molecule has 0 aliphatic carbocycles. The Bertz CT molecular complexity index is 517. The van der Waals surface area contributed by atoms with Crippen molar-refractivity contribution in [1.29, 1.82) is 0 Å². The second-order valence-electron chi connectivity index (χ2n) is 5.76. The maximum absolute atomic E-state index is 5.65. The molecule has 2 heterocycles. The van der Waals surface area contributed by atoms with Gasteiger partial charge in [0.25, 0.3) is 0 Å². The van der Waals surface area contributed by atoms with E-state index in [0.29, 0.717) is 12.0 Å². The standard InChI is InChI=1S/C18H23NO2/c1-14(15-9-12-20-13-10-15)19-18(17-8-5-11-21-17)16-6-3-2-4-7-16/h2-8,11,14-15,18-19H,9-10,12-13H2,1H3. The molecule has 3 nitrogen and oxygen atoms in total. The van der Waals surface area contributed by atoms with Crippen LogP contribution in [0.15, 0.2) is 53.1 Å². The van der Waals surface area contributed by atoms with E-state index in [-0.39, 0.29) is 6.04 Å². The van der Waals surface area contributed by atoms with Gasteiger partial charge in [0.15, 0.2) is 0 Å². The van der Waals surface area contributed by atoms with Gasteiger partial charge in [-0.05, 0) is 43.4 Å². The molecular formula is C18H23NO2. The highest BCUT2D eigenvalue weighted by Crippen LogP contribution is 2.26. The zero-order chi connectivity index (χ0) is 14.5. The molecule has 1 aliphatic heterocycles. The summed E-state index contributed by atoms with van der Waals surface area (Å²) in [5, 5.41) is 3.76. The molecule has 0 bridgehead atoms. The maximum Gasteiger partial charge on any atom is 0.125 e. The van der Waals surface area contributed by atoms with E-state index in [1.54, 1.807) is 6.26 Å².